The van der Waals surface area contributed by atoms with Crippen molar-refractivity contribution in [1.82, 2.24) is 4.98 Å². The van der Waals surface area contributed by atoms with Crippen molar-refractivity contribution in [1.29, 1.82) is 0 Å². The molecular formula is C17H16FN2+. The van der Waals surface area contributed by atoms with Gasteiger partial charge in [0.25, 0.3) is 6.33 Å². The Labute approximate surface area is 117 Å². The standard InChI is InChI=1S/C17H16FN2/c1-11-9-15(18)12(2)8-14(11)17-13-6-4-5-7-16(13)19-10-20(17)3/h4-10H,1-3H3/q+1. The SMILES string of the molecule is Cc1cc(-c2c3ccccc3nc[n+]2C)c(C)cc1F. The number of fused-ring (bicyclic) bond motifs is 1. The molecule has 0 amide bonds. The van der Waals surface area contributed by atoms with Crippen LogP contribution in [0.3, 0.4) is 0 Å². The fourth-order valence-electron chi connectivity index (χ4n) is 2.55. The van der Waals surface area contributed by atoms with Gasteiger partial charge in [0.2, 0.25) is 0 Å². The van der Waals surface area contributed by atoms with E-state index in [4.69, 9.17) is 0 Å². The third-order valence-corrected chi connectivity index (χ3v) is 3.64. The Morgan fingerprint density at radius 2 is 1.80 bits per heavy atom. The zero-order valence-electron chi connectivity index (χ0n) is 11.8. The number of benzene rings is 2. The van der Waals surface area contributed by atoms with Crippen LogP contribution in [0.15, 0.2) is 42.7 Å². The third-order valence-electron chi connectivity index (χ3n) is 3.64. The molecule has 2 nitrogen and oxygen atoms in total. The zero-order valence-corrected chi connectivity index (χ0v) is 11.8. The van der Waals surface area contributed by atoms with Gasteiger partial charge in [0, 0.05) is 5.56 Å². The Kier molecular flexibility index (Phi) is 2.97. The minimum atomic E-state index is -0.160. The van der Waals surface area contributed by atoms with Crippen molar-refractivity contribution < 1.29 is 8.96 Å². The van der Waals surface area contributed by atoms with Crippen LogP contribution in [-0.2, 0) is 7.05 Å². The number of para-hydroxylation sites is 1. The summed E-state index contributed by atoms with van der Waals surface area (Å²) >= 11 is 0. The lowest BCUT2D eigenvalue weighted by molar-refractivity contribution is -0.662. The van der Waals surface area contributed by atoms with E-state index in [0.29, 0.717) is 5.56 Å². The second-order valence-electron chi connectivity index (χ2n) is 5.14. The zero-order chi connectivity index (χ0) is 14.3. The number of aromatic nitrogens is 2. The molecule has 2 aromatic carbocycles. The molecule has 0 radical (unpaired) electrons. The van der Waals surface area contributed by atoms with E-state index in [0.717, 1.165) is 27.7 Å². The Bertz CT molecular complexity index is 809. The van der Waals surface area contributed by atoms with Gasteiger partial charge in [0.05, 0.1) is 12.4 Å². The summed E-state index contributed by atoms with van der Waals surface area (Å²) in [5.74, 6) is -0.160. The Hall–Kier alpha value is -2.29. The van der Waals surface area contributed by atoms with Crippen molar-refractivity contribution in [2.24, 2.45) is 7.05 Å². The van der Waals surface area contributed by atoms with Crippen LogP contribution in [-0.4, -0.2) is 4.98 Å². The first kappa shape index (κ1) is 12.7. The highest BCUT2D eigenvalue weighted by Crippen LogP contribution is 2.28. The average Bonchev–Trinajstić information content (AvgIpc) is 2.43. The van der Waals surface area contributed by atoms with E-state index < -0.39 is 0 Å². The number of halogens is 1. The highest BCUT2D eigenvalue weighted by atomic mass is 19.1. The van der Waals surface area contributed by atoms with Crippen LogP contribution in [0.2, 0.25) is 0 Å². The van der Waals surface area contributed by atoms with Crippen molar-refractivity contribution in [3.05, 3.63) is 59.7 Å². The van der Waals surface area contributed by atoms with Crippen LogP contribution >= 0.6 is 0 Å². The summed E-state index contributed by atoms with van der Waals surface area (Å²) in [6.07, 6.45) is 1.80. The predicted molar refractivity (Wildman–Crippen MR) is 77.8 cm³/mol. The molecule has 0 aliphatic rings. The Morgan fingerprint density at radius 1 is 1.05 bits per heavy atom. The molecule has 20 heavy (non-hydrogen) atoms. The molecule has 0 atom stereocenters. The number of rotatable bonds is 1. The molecule has 0 fully saturated rings. The molecule has 0 aliphatic heterocycles. The number of hydrogen-bond donors (Lipinski definition) is 0. The van der Waals surface area contributed by atoms with E-state index in [1.165, 1.54) is 0 Å². The quantitative estimate of drug-likeness (QED) is 0.617. The third kappa shape index (κ3) is 1.95. The first-order valence-corrected chi connectivity index (χ1v) is 6.58. The topological polar surface area (TPSA) is 16.8 Å². The van der Waals surface area contributed by atoms with Gasteiger partial charge in [-0.1, -0.05) is 12.1 Å². The summed E-state index contributed by atoms with van der Waals surface area (Å²) in [5, 5.41) is 1.08. The summed E-state index contributed by atoms with van der Waals surface area (Å²) in [5.41, 5.74) is 4.65. The van der Waals surface area contributed by atoms with Crippen LogP contribution < -0.4 is 4.57 Å². The summed E-state index contributed by atoms with van der Waals surface area (Å²) < 4.78 is 15.7. The molecule has 0 bridgehead atoms. The van der Waals surface area contributed by atoms with Crippen LogP contribution in [0.4, 0.5) is 4.39 Å². The van der Waals surface area contributed by atoms with Gasteiger partial charge in [-0.05, 0) is 54.2 Å². The van der Waals surface area contributed by atoms with Gasteiger partial charge in [-0.3, -0.25) is 0 Å². The molecule has 0 saturated heterocycles. The van der Waals surface area contributed by atoms with E-state index in [-0.39, 0.29) is 5.82 Å². The van der Waals surface area contributed by atoms with E-state index >= 15 is 0 Å². The average molecular weight is 267 g/mol. The van der Waals surface area contributed by atoms with Crippen LogP contribution in [0, 0.1) is 19.7 Å². The fourth-order valence-corrected chi connectivity index (χ4v) is 2.55. The maximum Gasteiger partial charge on any atom is 0.287 e. The predicted octanol–water partition coefficient (Wildman–Crippen LogP) is 3.48. The molecular weight excluding hydrogens is 251 g/mol. The molecule has 0 saturated carbocycles. The summed E-state index contributed by atoms with van der Waals surface area (Å²) in [6, 6.07) is 11.5. The molecule has 0 N–H and O–H groups in total. The van der Waals surface area contributed by atoms with Gasteiger partial charge < -0.3 is 0 Å². The summed E-state index contributed by atoms with van der Waals surface area (Å²) in [7, 11) is 1.97. The van der Waals surface area contributed by atoms with Gasteiger partial charge in [0.1, 0.15) is 11.5 Å². The highest BCUT2D eigenvalue weighted by Gasteiger charge is 2.17. The molecule has 3 rings (SSSR count). The van der Waals surface area contributed by atoms with Gasteiger partial charge in [-0.25, -0.2) is 8.96 Å². The Morgan fingerprint density at radius 3 is 2.60 bits per heavy atom. The van der Waals surface area contributed by atoms with Crippen molar-refractivity contribution in [3.63, 3.8) is 0 Å². The lowest BCUT2D eigenvalue weighted by Gasteiger charge is -2.10. The largest absolute Gasteiger partial charge is 0.287 e. The van der Waals surface area contributed by atoms with E-state index in [1.54, 1.807) is 19.3 Å². The minimum Gasteiger partial charge on any atom is -0.232 e. The lowest BCUT2D eigenvalue weighted by atomic mass is 9.99. The second kappa shape index (κ2) is 4.67. The smallest absolute Gasteiger partial charge is 0.232 e. The van der Waals surface area contributed by atoms with Crippen molar-refractivity contribution >= 4 is 10.9 Å². The molecule has 1 heterocycles. The number of nitrogens with zero attached hydrogens (tertiary/aromatic N) is 2. The maximum atomic E-state index is 13.7. The van der Waals surface area contributed by atoms with Gasteiger partial charge >= 0.3 is 0 Å². The van der Waals surface area contributed by atoms with Gasteiger partial charge in [0.15, 0.2) is 5.52 Å². The van der Waals surface area contributed by atoms with E-state index in [1.807, 2.05) is 42.8 Å². The summed E-state index contributed by atoms with van der Waals surface area (Å²) in [6.45, 7) is 3.73. The van der Waals surface area contributed by atoms with E-state index in [2.05, 4.69) is 11.1 Å². The van der Waals surface area contributed by atoms with Crippen LogP contribution in [0.5, 0.6) is 0 Å². The number of hydrogen-bond acceptors (Lipinski definition) is 1. The molecule has 3 heteroatoms. The molecule has 0 aliphatic carbocycles. The minimum absolute atomic E-state index is 0.160. The van der Waals surface area contributed by atoms with Gasteiger partial charge in [-0.15, -0.1) is 0 Å². The first-order valence-electron chi connectivity index (χ1n) is 6.58. The lowest BCUT2D eigenvalue weighted by Crippen LogP contribution is -2.31. The monoisotopic (exact) mass is 267 g/mol. The normalized spacial score (nSPS) is 11.0. The maximum absolute atomic E-state index is 13.7. The van der Waals surface area contributed by atoms with Crippen molar-refractivity contribution in [3.8, 4) is 11.3 Å². The van der Waals surface area contributed by atoms with Gasteiger partial charge in [-0.2, -0.15) is 0 Å². The Balaban J connectivity index is 2.40. The molecule has 0 unspecified atom stereocenters. The van der Waals surface area contributed by atoms with E-state index in [9.17, 15) is 4.39 Å². The number of aryl methyl sites for hydroxylation is 3. The van der Waals surface area contributed by atoms with Crippen LogP contribution in [0.1, 0.15) is 11.1 Å². The molecule has 100 valence electrons. The van der Waals surface area contributed by atoms with Crippen molar-refractivity contribution in [2.45, 2.75) is 13.8 Å². The van der Waals surface area contributed by atoms with Crippen molar-refractivity contribution in [2.75, 3.05) is 0 Å². The first-order chi connectivity index (χ1) is 9.58. The second-order valence-corrected chi connectivity index (χ2v) is 5.14. The van der Waals surface area contributed by atoms with Crippen LogP contribution in [0.25, 0.3) is 22.2 Å². The fraction of sp³-hybridized carbons (Fsp3) is 0.176. The highest BCUT2D eigenvalue weighted by molar-refractivity contribution is 5.91. The summed E-state index contributed by atoms with van der Waals surface area (Å²) in [4.78, 5) is 4.43. The molecule has 1 aromatic heterocycles. The molecule has 0 spiro atoms. The molecule has 3 aromatic rings.